The van der Waals surface area contributed by atoms with Gasteiger partial charge in [0, 0.05) is 19.2 Å². The minimum Gasteiger partial charge on any atom is -0.396 e. The standard InChI is InChI=1S/C16H25FN2O/c1-12-3-4-14(9-15(12)17)16(18-2)6-8-19-7-5-13(10-19)11-20/h3-4,9,13,16,18,20H,5-8,10-11H2,1-2H3. The van der Waals surface area contributed by atoms with Crippen molar-refractivity contribution < 1.29 is 9.50 Å². The molecule has 0 radical (unpaired) electrons. The molecule has 0 spiro atoms. The van der Waals surface area contributed by atoms with E-state index in [0.29, 0.717) is 11.5 Å². The summed E-state index contributed by atoms with van der Waals surface area (Å²) in [6.45, 7) is 5.10. The smallest absolute Gasteiger partial charge is 0.126 e. The number of aliphatic hydroxyl groups is 1. The van der Waals surface area contributed by atoms with Crippen LogP contribution in [0.15, 0.2) is 18.2 Å². The van der Waals surface area contributed by atoms with Crippen LogP contribution in [0.5, 0.6) is 0 Å². The highest BCUT2D eigenvalue weighted by molar-refractivity contribution is 5.25. The third kappa shape index (κ3) is 3.78. The molecule has 1 aliphatic rings. The molecule has 2 N–H and O–H groups in total. The zero-order valence-electron chi connectivity index (χ0n) is 12.4. The summed E-state index contributed by atoms with van der Waals surface area (Å²) < 4.78 is 13.6. The molecule has 1 aliphatic heterocycles. The predicted molar refractivity (Wildman–Crippen MR) is 79.2 cm³/mol. The number of hydrogen-bond donors (Lipinski definition) is 2. The quantitative estimate of drug-likeness (QED) is 0.837. The Bertz CT molecular complexity index is 438. The van der Waals surface area contributed by atoms with E-state index >= 15 is 0 Å². The van der Waals surface area contributed by atoms with Crippen molar-refractivity contribution in [2.45, 2.75) is 25.8 Å². The van der Waals surface area contributed by atoms with Crippen molar-refractivity contribution in [3.05, 3.63) is 35.1 Å². The molecule has 3 nitrogen and oxygen atoms in total. The number of nitrogens with zero attached hydrogens (tertiary/aromatic N) is 1. The molecule has 0 saturated carbocycles. The van der Waals surface area contributed by atoms with E-state index in [9.17, 15) is 4.39 Å². The van der Waals surface area contributed by atoms with Crippen LogP contribution in [0.3, 0.4) is 0 Å². The lowest BCUT2D eigenvalue weighted by atomic mass is 10.0. The number of aryl methyl sites for hydroxylation is 1. The van der Waals surface area contributed by atoms with E-state index in [2.05, 4.69) is 10.2 Å². The van der Waals surface area contributed by atoms with Crippen molar-refractivity contribution in [1.82, 2.24) is 10.2 Å². The van der Waals surface area contributed by atoms with Crippen LogP contribution >= 0.6 is 0 Å². The third-order valence-corrected chi connectivity index (χ3v) is 4.31. The lowest BCUT2D eigenvalue weighted by Gasteiger charge is -2.21. The van der Waals surface area contributed by atoms with E-state index in [4.69, 9.17) is 5.11 Å². The maximum atomic E-state index is 13.6. The molecule has 2 rings (SSSR count). The first kappa shape index (κ1) is 15.4. The second-order valence-electron chi connectivity index (χ2n) is 5.78. The van der Waals surface area contributed by atoms with Gasteiger partial charge in [-0.25, -0.2) is 4.39 Å². The summed E-state index contributed by atoms with van der Waals surface area (Å²) in [5.41, 5.74) is 1.70. The van der Waals surface area contributed by atoms with Crippen LogP contribution in [0.2, 0.25) is 0 Å². The lowest BCUT2D eigenvalue weighted by Crippen LogP contribution is -2.27. The number of benzene rings is 1. The van der Waals surface area contributed by atoms with Gasteiger partial charge in [0.05, 0.1) is 0 Å². The highest BCUT2D eigenvalue weighted by atomic mass is 19.1. The normalized spacial score (nSPS) is 21.3. The van der Waals surface area contributed by atoms with Gasteiger partial charge >= 0.3 is 0 Å². The number of likely N-dealkylation sites (tertiary alicyclic amines) is 1. The van der Waals surface area contributed by atoms with Gasteiger partial charge in [-0.05, 0) is 63.0 Å². The highest BCUT2D eigenvalue weighted by Crippen LogP contribution is 2.22. The zero-order valence-corrected chi connectivity index (χ0v) is 12.4. The molecule has 1 heterocycles. The van der Waals surface area contributed by atoms with E-state index < -0.39 is 0 Å². The Morgan fingerprint density at radius 3 is 2.90 bits per heavy atom. The van der Waals surface area contributed by atoms with E-state index in [1.165, 1.54) is 0 Å². The molecular weight excluding hydrogens is 255 g/mol. The van der Waals surface area contributed by atoms with Crippen LogP contribution < -0.4 is 5.32 Å². The fourth-order valence-electron chi connectivity index (χ4n) is 2.88. The van der Waals surface area contributed by atoms with Crippen LogP contribution in [0, 0.1) is 18.7 Å². The molecular formula is C16H25FN2O. The van der Waals surface area contributed by atoms with Gasteiger partial charge in [0.2, 0.25) is 0 Å². The molecule has 1 fully saturated rings. The van der Waals surface area contributed by atoms with Crippen LogP contribution in [-0.2, 0) is 0 Å². The topological polar surface area (TPSA) is 35.5 Å². The number of nitrogens with one attached hydrogen (secondary N) is 1. The molecule has 0 bridgehead atoms. The maximum absolute atomic E-state index is 13.6. The molecule has 20 heavy (non-hydrogen) atoms. The fourth-order valence-corrected chi connectivity index (χ4v) is 2.88. The molecule has 1 aromatic rings. The predicted octanol–water partition coefficient (Wildman–Crippen LogP) is 2.10. The van der Waals surface area contributed by atoms with Gasteiger partial charge in [-0.3, -0.25) is 0 Å². The van der Waals surface area contributed by atoms with Crippen molar-refractivity contribution >= 4 is 0 Å². The Morgan fingerprint density at radius 2 is 2.30 bits per heavy atom. The summed E-state index contributed by atoms with van der Waals surface area (Å²) in [6.07, 6.45) is 2.04. The third-order valence-electron chi connectivity index (χ3n) is 4.31. The molecule has 0 aromatic heterocycles. The second kappa shape index (κ2) is 7.16. The SMILES string of the molecule is CNC(CCN1CCC(CO)C1)c1ccc(C)c(F)c1. The Morgan fingerprint density at radius 1 is 1.50 bits per heavy atom. The summed E-state index contributed by atoms with van der Waals surface area (Å²) in [4.78, 5) is 2.38. The lowest BCUT2D eigenvalue weighted by molar-refractivity contribution is 0.219. The second-order valence-corrected chi connectivity index (χ2v) is 5.78. The summed E-state index contributed by atoms with van der Waals surface area (Å²) in [7, 11) is 1.92. The van der Waals surface area contributed by atoms with Crippen LogP contribution in [-0.4, -0.2) is 43.3 Å². The molecule has 0 aliphatic carbocycles. The first-order valence-electron chi connectivity index (χ1n) is 7.40. The number of halogens is 1. The monoisotopic (exact) mass is 280 g/mol. The molecule has 2 unspecified atom stereocenters. The summed E-state index contributed by atoms with van der Waals surface area (Å²) in [5, 5.41) is 12.4. The van der Waals surface area contributed by atoms with Crippen molar-refractivity contribution in [1.29, 1.82) is 0 Å². The number of hydrogen-bond acceptors (Lipinski definition) is 3. The molecule has 4 heteroatoms. The van der Waals surface area contributed by atoms with Gasteiger partial charge in [-0.1, -0.05) is 12.1 Å². The highest BCUT2D eigenvalue weighted by Gasteiger charge is 2.22. The van der Waals surface area contributed by atoms with Crippen LogP contribution in [0.25, 0.3) is 0 Å². The van der Waals surface area contributed by atoms with E-state index in [1.54, 1.807) is 13.0 Å². The molecule has 1 saturated heterocycles. The maximum Gasteiger partial charge on any atom is 0.126 e. The van der Waals surface area contributed by atoms with Gasteiger partial charge in [0.15, 0.2) is 0 Å². The summed E-state index contributed by atoms with van der Waals surface area (Å²) in [5.74, 6) is 0.295. The summed E-state index contributed by atoms with van der Waals surface area (Å²) >= 11 is 0. The number of rotatable bonds is 6. The average molecular weight is 280 g/mol. The zero-order chi connectivity index (χ0) is 14.5. The minimum absolute atomic E-state index is 0.135. The van der Waals surface area contributed by atoms with E-state index in [1.807, 2.05) is 19.2 Å². The molecule has 112 valence electrons. The van der Waals surface area contributed by atoms with Gasteiger partial charge in [-0.15, -0.1) is 0 Å². The molecule has 1 aromatic carbocycles. The largest absolute Gasteiger partial charge is 0.396 e. The Kier molecular flexibility index (Phi) is 5.52. The van der Waals surface area contributed by atoms with Gasteiger partial charge in [-0.2, -0.15) is 0 Å². The fraction of sp³-hybridized carbons (Fsp3) is 0.625. The Hall–Kier alpha value is -0.970. The van der Waals surface area contributed by atoms with Crippen molar-refractivity contribution in [3.8, 4) is 0 Å². The van der Waals surface area contributed by atoms with Crippen LogP contribution in [0.4, 0.5) is 4.39 Å². The van der Waals surface area contributed by atoms with Crippen molar-refractivity contribution in [3.63, 3.8) is 0 Å². The number of aliphatic hydroxyl groups excluding tert-OH is 1. The Balaban J connectivity index is 1.90. The molecule has 0 amide bonds. The van der Waals surface area contributed by atoms with E-state index in [0.717, 1.165) is 38.0 Å². The first-order valence-corrected chi connectivity index (χ1v) is 7.40. The van der Waals surface area contributed by atoms with Gasteiger partial charge in [0.25, 0.3) is 0 Å². The average Bonchev–Trinajstić information content (AvgIpc) is 2.91. The molecule has 2 atom stereocenters. The van der Waals surface area contributed by atoms with Gasteiger partial charge in [0.1, 0.15) is 5.82 Å². The van der Waals surface area contributed by atoms with Crippen molar-refractivity contribution in [2.24, 2.45) is 5.92 Å². The van der Waals surface area contributed by atoms with Crippen molar-refractivity contribution in [2.75, 3.05) is 33.3 Å². The minimum atomic E-state index is -0.135. The first-order chi connectivity index (χ1) is 9.63. The van der Waals surface area contributed by atoms with E-state index in [-0.39, 0.29) is 18.5 Å². The van der Waals surface area contributed by atoms with Crippen LogP contribution in [0.1, 0.15) is 30.0 Å². The van der Waals surface area contributed by atoms with Gasteiger partial charge < -0.3 is 15.3 Å². The summed E-state index contributed by atoms with van der Waals surface area (Å²) in [6, 6.07) is 5.65. The Labute approximate surface area is 120 Å².